The zero-order chi connectivity index (χ0) is 22.2. The van der Waals surface area contributed by atoms with Gasteiger partial charge in [-0.3, -0.25) is 10.1 Å². The van der Waals surface area contributed by atoms with E-state index in [0.29, 0.717) is 47.2 Å². The summed E-state index contributed by atoms with van der Waals surface area (Å²) in [6, 6.07) is 20.3. The van der Waals surface area contributed by atoms with Crippen LogP contribution in [0.25, 0.3) is 33.1 Å². The standard InChI is InChI=1S/C24H16N4O4S/c29-21(26-24-25-17-12-18-19(13-20(17)33-24)31-11-10-30-18)14-6-8-16(9-7-14)23-28-27-22(32-23)15-4-2-1-3-5-15/h1-9,12-13H,10-11H2,(H,25,26,29). The van der Waals surface area contributed by atoms with Crippen molar-refractivity contribution in [2.24, 2.45) is 0 Å². The number of aromatic nitrogens is 3. The molecule has 0 unspecified atom stereocenters. The van der Waals surface area contributed by atoms with Gasteiger partial charge in [-0.25, -0.2) is 4.98 Å². The number of anilines is 1. The lowest BCUT2D eigenvalue weighted by atomic mass is 10.1. The summed E-state index contributed by atoms with van der Waals surface area (Å²) >= 11 is 1.38. The lowest BCUT2D eigenvalue weighted by Crippen LogP contribution is -2.15. The van der Waals surface area contributed by atoms with Crippen LogP contribution in [0, 0.1) is 0 Å². The quantitative estimate of drug-likeness (QED) is 0.405. The predicted octanol–water partition coefficient (Wildman–Crippen LogP) is 5.04. The second-order valence-corrected chi connectivity index (χ2v) is 8.32. The average molecular weight is 456 g/mol. The minimum Gasteiger partial charge on any atom is -0.486 e. The van der Waals surface area contributed by atoms with Crippen LogP contribution in [0.2, 0.25) is 0 Å². The number of carbonyl (C=O) groups excluding carboxylic acids is 1. The fraction of sp³-hybridized carbons (Fsp3) is 0.0833. The van der Waals surface area contributed by atoms with Gasteiger partial charge in [0.15, 0.2) is 16.6 Å². The van der Waals surface area contributed by atoms with Crippen LogP contribution in [0.3, 0.4) is 0 Å². The van der Waals surface area contributed by atoms with Gasteiger partial charge in [0.25, 0.3) is 5.91 Å². The van der Waals surface area contributed by atoms with E-state index in [-0.39, 0.29) is 5.91 Å². The third-order valence-electron chi connectivity index (χ3n) is 5.11. The fourth-order valence-corrected chi connectivity index (χ4v) is 4.36. The van der Waals surface area contributed by atoms with E-state index in [0.717, 1.165) is 21.3 Å². The number of benzene rings is 3. The van der Waals surface area contributed by atoms with Crippen molar-refractivity contribution in [3.63, 3.8) is 0 Å². The van der Waals surface area contributed by atoms with Crippen LogP contribution in [-0.2, 0) is 0 Å². The number of hydrogen-bond donors (Lipinski definition) is 1. The molecule has 1 aliphatic heterocycles. The first kappa shape index (κ1) is 19.4. The van der Waals surface area contributed by atoms with Crippen molar-refractivity contribution < 1.29 is 18.7 Å². The maximum atomic E-state index is 12.7. The lowest BCUT2D eigenvalue weighted by Gasteiger charge is -2.17. The summed E-state index contributed by atoms with van der Waals surface area (Å²) in [4.78, 5) is 17.2. The van der Waals surface area contributed by atoms with E-state index >= 15 is 0 Å². The number of nitrogens with one attached hydrogen (secondary N) is 1. The molecule has 3 aromatic carbocycles. The molecule has 0 saturated carbocycles. The van der Waals surface area contributed by atoms with E-state index in [2.05, 4.69) is 20.5 Å². The lowest BCUT2D eigenvalue weighted by molar-refractivity contribution is 0.102. The minimum absolute atomic E-state index is 0.256. The van der Waals surface area contributed by atoms with Gasteiger partial charge in [-0.15, -0.1) is 10.2 Å². The number of amides is 1. The monoisotopic (exact) mass is 456 g/mol. The van der Waals surface area contributed by atoms with E-state index < -0.39 is 0 Å². The van der Waals surface area contributed by atoms with Gasteiger partial charge in [0.05, 0.1) is 10.2 Å². The van der Waals surface area contributed by atoms with E-state index in [1.165, 1.54) is 11.3 Å². The molecule has 0 radical (unpaired) electrons. The number of hydrogen-bond acceptors (Lipinski definition) is 8. The van der Waals surface area contributed by atoms with E-state index in [1.807, 2.05) is 42.5 Å². The molecule has 3 heterocycles. The van der Waals surface area contributed by atoms with Crippen molar-refractivity contribution in [2.45, 2.75) is 0 Å². The Morgan fingerprint density at radius 2 is 1.52 bits per heavy atom. The van der Waals surface area contributed by atoms with E-state index in [1.54, 1.807) is 24.3 Å². The molecular weight excluding hydrogens is 440 g/mol. The number of nitrogens with zero attached hydrogens (tertiary/aromatic N) is 3. The molecule has 1 N–H and O–H groups in total. The van der Waals surface area contributed by atoms with Gasteiger partial charge in [-0.1, -0.05) is 29.5 Å². The highest BCUT2D eigenvalue weighted by Gasteiger charge is 2.17. The summed E-state index contributed by atoms with van der Waals surface area (Å²) in [6.07, 6.45) is 0. The molecular formula is C24H16N4O4S. The Morgan fingerprint density at radius 3 is 2.24 bits per heavy atom. The minimum atomic E-state index is -0.256. The summed E-state index contributed by atoms with van der Waals surface area (Å²) in [5.74, 6) is 1.95. The van der Waals surface area contributed by atoms with Crippen LogP contribution in [-0.4, -0.2) is 34.3 Å². The van der Waals surface area contributed by atoms with Crippen molar-refractivity contribution in [3.8, 4) is 34.4 Å². The molecule has 0 fully saturated rings. The van der Waals surface area contributed by atoms with Crippen LogP contribution in [0.1, 0.15) is 10.4 Å². The van der Waals surface area contributed by atoms with Crippen molar-refractivity contribution in [2.75, 3.05) is 18.5 Å². The van der Waals surface area contributed by atoms with E-state index in [9.17, 15) is 4.79 Å². The van der Waals surface area contributed by atoms with Crippen molar-refractivity contribution in [3.05, 3.63) is 72.3 Å². The predicted molar refractivity (Wildman–Crippen MR) is 124 cm³/mol. The Labute approximate surface area is 191 Å². The third-order valence-corrected chi connectivity index (χ3v) is 6.05. The summed E-state index contributed by atoms with van der Waals surface area (Å²) in [5, 5.41) is 11.6. The molecule has 5 aromatic rings. The first-order chi connectivity index (χ1) is 16.2. The molecule has 6 rings (SSSR count). The highest BCUT2D eigenvalue weighted by Crippen LogP contribution is 2.38. The Hall–Kier alpha value is -4.24. The molecule has 0 spiro atoms. The molecule has 9 heteroatoms. The Balaban J connectivity index is 1.19. The summed E-state index contributed by atoms with van der Waals surface area (Å²) in [6.45, 7) is 1.04. The van der Waals surface area contributed by atoms with Gasteiger partial charge in [0, 0.05) is 28.8 Å². The van der Waals surface area contributed by atoms with Crippen LogP contribution < -0.4 is 14.8 Å². The van der Waals surface area contributed by atoms with Crippen molar-refractivity contribution in [1.82, 2.24) is 15.2 Å². The number of carbonyl (C=O) groups is 1. The van der Waals surface area contributed by atoms with Gasteiger partial charge in [-0.05, 0) is 36.4 Å². The maximum absolute atomic E-state index is 12.7. The molecule has 1 aliphatic rings. The third kappa shape index (κ3) is 3.79. The normalized spacial score (nSPS) is 12.6. The van der Waals surface area contributed by atoms with Crippen LogP contribution in [0.4, 0.5) is 5.13 Å². The molecule has 2 aromatic heterocycles. The molecule has 0 atom stereocenters. The fourth-order valence-electron chi connectivity index (χ4n) is 3.49. The number of thiazole rings is 1. The van der Waals surface area contributed by atoms with Gasteiger partial charge >= 0.3 is 0 Å². The van der Waals surface area contributed by atoms with Gasteiger partial charge < -0.3 is 13.9 Å². The number of fused-ring (bicyclic) bond motifs is 2. The molecule has 0 aliphatic carbocycles. The SMILES string of the molecule is O=C(Nc1nc2cc3c(cc2s1)OCCO3)c1ccc(-c2nnc(-c3ccccc3)o2)cc1. The van der Waals surface area contributed by atoms with Gasteiger partial charge in [0.2, 0.25) is 11.8 Å². The molecule has 0 bridgehead atoms. The van der Waals surface area contributed by atoms with Crippen LogP contribution in [0.5, 0.6) is 11.5 Å². The second-order valence-electron chi connectivity index (χ2n) is 7.29. The second kappa shape index (κ2) is 8.03. The Kier molecular flexibility index (Phi) is 4.73. The zero-order valence-corrected chi connectivity index (χ0v) is 18.0. The summed E-state index contributed by atoms with van der Waals surface area (Å²) in [5.41, 5.74) is 2.82. The molecule has 0 saturated heterocycles. The first-order valence-corrected chi connectivity index (χ1v) is 11.1. The van der Waals surface area contributed by atoms with Gasteiger partial charge in [0.1, 0.15) is 13.2 Å². The first-order valence-electron chi connectivity index (χ1n) is 10.2. The highest BCUT2D eigenvalue weighted by atomic mass is 32.1. The summed E-state index contributed by atoms with van der Waals surface area (Å²) in [7, 11) is 0. The number of rotatable bonds is 4. The van der Waals surface area contributed by atoms with Gasteiger partial charge in [-0.2, -0.15) is 0 Å². The van der Waals surface area contributed by atoms with Crippen molar-refractivity contribution >= 4 is 32.6 Å². The van der Waals surface area contributed by atoms with Crippen molar-refractivity contribution in [1.29, 1.82) is 0 Å². The molecule has 8 nitrogen and oxygen atoms in total. The Bertz CT molecular complexity index is 1420. The molecule has 162 valence electrons. The van der Waals surface area contributed by atoms with E-state index in [4.69, 9.17) is 13.9 Å². The number of ether oxygens (including phenoxy) is 2. The molecule has 1 amide bonds. The zero-order valence-electron chi connectivity index (χ0n) is 17.1. The highest BCUT2D eigenvalue weighted by molar-refractivity contribution is 7.22. The Morgan fingerprint density at radius 1 is 0.848 bits per heavy atom. The van der Waals surface area contributed by atoms with Crippen LogP contribution in [0.15, 0.2) is 71.1 Å². The maximum Gasteiger partial charge on any atom is 0.257 e. The average Bonchev–Trinajstić information content (AvgIpc) is 3.50. The largest absolute Gasteiger partial charge is 0.486 e. The van der Waals surface area contributed by atoms with Crippen LogP contribution >= 0.6 is 11.3 Å². The smallest absolute Gasteiger partial charge is 0.257 e. The topological polar surface area (TPSA) is 99.4 Å². The summed E-state index contributed by atoms with van der Waals surface area (Å²) < 4.78 is 17.9. The molecule has 33 heavy (non-hydrogen) atoms.